The summed E-state index contributed by atoms with van der Waals surface area (Å²) < 4.78 is 13.2. The lowest BCUT2D eigenvalue weighted by Crippen LogP contribution is -2.15. The summed E-state index contributed by atoms with van der Waals surface area (Å²) in [6.45, 7) is 1.71. The molecule has 2 heteroatoms. The molecule has 0 spiro atoms. The Hall–Kier alpha value is -1.18. The molecule has 2 saturated carbocycles. The molecule has 3 rings (SSSR count). The molecule has 0 aliphatic heterocycles. The molecule has 0 saturated heterocycles. The van der Waals surface area contributed by atoms with Crippen LogP contribution in [0.25, 0.3) is 0 Å². The lowest BCUT2D eigenvalue weighted by atomic mass is 9.84. The maximum atomic E-state index is 13.2. The maximum absolute atomic E-state index is 13.2. The predicted molar refractivity (Wildman–Crippen MR) is 69.0 cm³/mol. The number of fused-ring (bicyclic) bond motifs is 2. The van der Waals surface area contributed by atoms with Crippen LogP contribution in [0.2, 0.25) is 0 Å². The van der Waals surface area contributed by atoms with Crippen LogP contribution in [0.15, 0.2) is 18.2 Å². The Morgan fingerprint density at radius 2 is 2.17 bits per heavy atom. The Morgan fingerprint density at radius 3 is 2.78 bits per heavy atom. The van der Waals surface area contributed by atoms with Crippen molar-refractivity contribution >= 4 is 5.78 Å². The van der Waals surface area contributed by atoms with Crippen molar-refractivity contribution in [1.82, 2.24) is 0 Å². The van der Waals surface area contributed by atoms with Crippen LogP contribution < -0.4 is 0 Å². The molecule has 0 amide bonds. The van der Waals surface area contributed by atoms with Crippen molar-refractivity contribution in [2.75, 3.05) is 0 Å². The second-order valence-electron chi connectivity index (χ2n) is 6.03. The highest BCUT2D eigenvalue weighted by atomic mass is 19.1. The Bertz CT molecular complexity index is 480. The molecule has 2 aliphatic rings. The van der Waals surface area contributed by atoms with Gasteiger partial charge in [0.05, 0.1) is 0 Å². The SMILES string of the molecule is Cc1cc(C(=O)CC2CC3CCC2C3)ccc1F. The molecule has 0 N–H and O–H groups in total. The lowest BCUT2D eigenvalue weighted by molar-refractivity contribution is 0.0944. The zero-order valence-electron chi connectivity index (χ0n) is 10.8. The van der Waals surface area contributed by atoms with Gasteiger partial charge in [-0.2, -0.15) is 0 Å². The summed E-state index contributed by atoms with van der Waals surface area (Å²) in [7, 11) is 0. The van der Waals surface area contributed by atoms with Crippen LogP contribution >= 0.6 is 0 Å². The fraction of sp³-hybridized carbons (Fsp3) is 0.562. The fourth-order valence-corrected chi connectivity index (χ4v) is 3.80. The van der Waals surface area contributed by atoms with Gasteiger partial charge in [-0.3, -0.25) is 4.79 Å². The first-order valence-corrected chi connectivity index (χ1v) is 6.93. The van der Waals surface area contributed by atoms with E-state index in [1.54, 1.807) is 19.1 Å². The average molecular weight is 246 g/mol. The van der Waals surface area contributed by atoms with Crippen LogP contribution in [0.3, 0.4) is 0 Å². The van der Waals surface area contributed by atoms with Gasteiger partial charge >= 0.3 is 0 Å². The molecule has 1 aromatic carbocycles. The molecule has 0 radical (unpaired) electrons. The predicted octanol–water partition coefficient (Wildman–Crippen LogP) is 4.14. The van der Waals surface area contributed by atoms with Crippen LogP contribution in [0.1, 0.15) is 48.0 Å². The number of Topliss-reactive ketones (excluding diaryl/α,β-unsaturated/α-hetero) is 1. The van der Waals surface area contributed by atoms with Gasteiger partial charge in [0, 0.05) is 12.0 Å². The van der Waals surface area contributed by atoms with E-state index in [1.165, 1.54) is 31.7 Å². The molecule has 2 aliphatic carbocycles. The van der Waals surface area contributed by atoms with Gasteiger partial charge in [-0.25, -0.2) is 4.39 Å². The normalized spacial score (nSPS) is 29.8. The van der Waals surface area contributed by atoms with Gasteiger partial charge < -0.3 is 0 Å². The smallest absolute Gasteiger partial charge is 0.163 e. The summed E-state index contributed by atoms with van der Waals surface area (Å²) in [5, 5.41) is 0. The van der Waals surface area contributed by atoms with Gasteiger partial charge in [0.1, 0.15) is 5.82 Å². The number of carbonyl (C=O) groups excluding carboxylic acids is 1. The van der Waals surface area contributed by atoms with Crippen molar-refractivity contribution in [1.29, 1.82) is 0 Å². The van der Waals surface area contributed by atoms with Crippen molar-refractivity contribution in [3.8, 4) is 0 Å². The van der Waals surface area contributed by atoms with Crippen LogP contribution in [-0.4, -0.2) is 5.78 Å². The average Bonchev–Trinajstić information content (AvgIpc) is 2.94. The topological polar surface area (TPSA) is 17.1 Å². The van der Waals surface area contributed by atoms with E-state index in [1.807, 2.05) is 0 Å². The van der Waals surface area contributed by atoms with E-state index in [0.717, 1.165) is 11.8 Å². The number of rotatable bonds is 3. The largest absolute Gasteiger partial charge is 0.294 e. The molecule has 3 atom stereocenters. The van der Waals surface area contributed by atoms with E-state index in [9.17, 15) is 9.18 Å². The lowest BCUT2D eigenvalue weighted by Gasteiger charge is -2.20. The molecule has 0 aromatic heterocycles. The number of hydrogen-bond donors (Lipinski definition) is 0. The highest BCUT2D eigenvalue weighted by molar-refractivity contribution is 5.96. The van der Waals surface area contributed by atoms with E-state index in [-0.39, 0.29) is 11.6 Å². The summed E-state index contributed by atoms with van der Waals surface area (Å²) in [6, 6.07) is 4.71. The van der Waals surface area contributed by atoms with Crippen LogP contribution in [-0.2, 0) is 0 Å². The second-order valence-corrected chi connectivity index (χ2v) is 6.03. The van der Waals surface area contributed by atoms with E-state index in [2.05, 4.69) is 0 Å². The second kappa shape index (κ2) is 4.49. The van der Waals surface area contributed by atoms with Gasteiger partial charge in [0.15, 0.2) is 5.78 Å². The fourth-order valence-electron chi connectivity index (χ4n) is 3.80. The van der Waals surface area contributed by atoms with Gasteiger partial charge in [0.2, 0.25) is 0 Å². The van der Waals surface area contributed by atoms with Gasteiger partial charge in [-0.05, 0) is 67.7 Å². The van der Waals surface area contributed by atoms with E-state index < -0.39 is 0 Å². The molecular formula is C16H19FO. The molecule has 1 aromatic rings. The molecule has 2 fully saturated rings. The Balaban J connectivity index is 1.69. The minimum absolute atomic E-state index is 0.190. The number of halogens is 1. The van der Waals surface area contributed by atoms with Crippen LogP contribution in [0.5, 0.6) is 0 Å². The third-order valence-electron chi connectivity index (χ3n) is 4.81. The highest BCUT2D eigenvalue weighted by Gasteiger charge is 2.40. The monoisotopic (exact) mass is 246 g/mol. The molecule has 2 bridgehead atoms. The zero-order chi connectivity index (χ0) is 12.7. The van der Waals surface area contributed by atoms with Crippen molar-refractivity contribution in [2.24, 2.45) is 17.8 Å². The summed E-state index contributed by atoms with van der Waals surface area (Å²) in [4.78, 5) is 12.2. The zero-order valence-corrected chi connectivity index (χ0v) is 10.8. The van der Waals surface area contributed by atoms with Crippen LogP contribution in [0, 0.1) is 30.5 Å². The standard InChI is InChI=1S/C16H19FO/c1-10-6-13(4-5-15(10)17)16(18)9-14-8-11-2-3-12(14)7-11/h4-6,11-12,14H,2-3,7-9H2,1H3. The third-order valence-corrected chi connectivity index (χ3v) is 4.81. The third kappa shape index (κ3) is 2.09. The molecule has 0 heterocycles. The number of carbonyl (C=O) groups is 1. The number of benzene rings is 1. The quantitative estimate of drug-likeness (QED) is 0.732. The summed E-state index contributed by atoms with van der Waals surface area (Å²) in [5.41, 5.74) is 1.24. The Labute approximate surface area is 107 Å². The molecular weight excluding hydrogens is 227 g/mol. The Kier molecular flexibility index (Phi) is 2.96. The number of ketones is 1. The van der Waals surface area contributed by atoms with E-state index in [4.69, 9.17) is 0 Å². The molecule has 18 heavy (non-hydrogen) atoms. The first-order valence-electron chi connectivity index (χ1n) is 6.93. The van der Waals surface area contributed by atoms with Crippen molar-refractivity contribution in [3.63, 3.8) is 0 Å². The van der Waals surface area contributed by atoms with E-state index >= 15 is 0 Å². The van der Waals surface area contributed by atoms with E-state index in [0.29, 0.717) is 23.5 Å². The minimum Gasteiger partial charge on any atom is -0.294 e. The summed E-state index contributed by atoms with van der Waals surface area (Å²) in [5.74, 6) is 2.20. The van der Waals surface area contributed by atoms with Crippen molar-refractivity contribution < 1.29 is 9.18 Å². The highest BCUT2D eigenvalue weighted by Crippen LogP contribution is 2.49. The minimum atomic E-state index is -0.230. The molecule has 1 nitrogen and oxygen atoms in total. The summed E-state index contributed by atoms with van der Waals surface area (Å²) >= 11 is 0. The van der Waals surface area contributed by atoms with Gasteiger partial charge in [-0.1, -0.05) is 6.42 Å². The first-order chi connectivity index (χ1) is 8.63. The number of aryl methyl sites for hydroxylation is 1. The number of hydrogen-bond acceptors (Lipinski definition) is 1. The molecule has 3 unspecified atom stereocenters. The van der Waals surface area contributed by atoms with Crippen molar-refractivity contribution in [2.45, 2.75) is 39.0 Å². The first kappa shape index (κ1) is 11.9. The van der Waals surface area contributed by atoms with Crippen LogP contribution in [0.4, 0.5) is 4.39 Å². The summed E-state index contributed by atoms with van der Waals surface area (Å²) in [6.07, 6.45) is 5.90. The van der Waals surface area contributed by atoms with Crippen molar-refractivity contribution in [3.05, 3.63) is 35.1 Å². The van der Waals surface area contributed by atoms with Gasteiger partial charge in [-0.15, -0.1) is 0 Å². The Morgan fingerprint density at radius 1 is 1.33 bits per heavy atom. The maximum Gasteiger partial charge on any atom is 0.163 e. The molecule has 96 valence electrons. The van der Waals surface area contributed by atoms with Gasteiger partial charge in [0.25, 0.3) is 0 Å².